The first kappa shape index (κ1) is 18.1. The van der Waals surface area contributed by atoms with Gasteiger partial charge < -0.3 is 0 Å². The predicted molar refractivity (Wildman–Crippen MR) is 99.0 cm³/mol. The summed E-state index contributed by atoms with van der Waals surface area (Å²) in [6.07, 6.45) is -0.0874. The molecule has 0 spiro atoms. The highest BCUT2D eigenvalue weighted by Gasteiger charge is 2.16. The highest BCUT2D eigenvalue weighted by molar-refractivity contribution is 6.13. The first-order valence-corrected chi connectivity index (χ1v) is 8.45. The maximum Gasteiger partial charge on any atom is 0.170 e. The maximum atomic E-state index is 12.3. The van der Waals surface area contributed by atoms with Gasteiger partial charge in [-0.05, 0) is 22.5 Å². The van der Waals surface area contributed by atoms with Gasteiger partial charge in [0.1, 0.15) is 0 Å². The summed E-state index contributed by atoms with van der Waals surface area (Å²) in [5, 5.41) is 0. The highest BCUT2D eigenvalue weighted by atomic mass is 16.1. The molecular weight excluding hydrogens is 296 g/mol. The van der Waals surface area contributed by atoms with Crippen molar-refractivity contribution in [3.8, 4) is 0 Å². The van der Waals surface area contributed by atoms with Crippen molar-refractivity contribution in [2.75, 3.05) is 0 Å². The molecule has 0 aromatic heterocycles. The van der Waals surface area contributed by atoms with Gasteiger partial charge in [-0.25, -0.2) is 0 Å². The summed E-state index contributed by atoms with van der Waals surface area (Å²) in [4.78, 5) is 24.7. The Morgan fingerprint density at radius 1 is 0.792 bits per heavy atom. The zero-order valence-electron chi connectivity index (χ0n) is 15.2. The molecule has 0 heterocycles. The molecule has 0 aliphatic heterocycles. The van der Waals surface area contributed by atoms with E-state index in [1.807, 2.05) is 48.5 Å². The van der Waals surface area contributed by atoms with Crippen LogP contribution in [-0.2, 0) is 5.41 Å². The molecule has 126 valence electrons. The van der Waals surface area contributed by atoms with Crippen LogP contribution in [-0.4, -0.2) is 11.6 Å². The number of hydrogen-bond acceptors (Lipinski definition) is 2. The topological polar surface area (TPSA) is 34.1 Å². The average Bonchev–Trinajstić information content (AvgIpc) is 2.54. The fourth-order valence-electron chi connectivity index (χ4n) is 2.56. The van der Waals surface area contributed by atoms with E-state index < -0.39 is 0 Å². The summed E-state index contributed by atoms with van der Waals surface area (Å²) < 4.78 is 0. The zero-order valence-corrected chi connectivity index (χ0v) is 15.2. The van der Waals surface area contributed by atoms with Gasteiger partial charge in [0.05, 0.1) is 6.42 Å². The predicted octanol–water partition coefficient (Wildman–Crippen LogP) is 5.56. The summed E-state index contributed by atoms with van der Waals surface area (Å²) in [5.41, 5.74) is 3.61. The Hall–Kier alpha value is -2.22. The lowest BCUT2D eigenvalue weighted by molar-refractivity contribution is 0.0894. The van der Waals surface area contributed by atoms with Crippen molar-refractivity contribution >= 4 is 11.6 Å². The molecule has 2 nitrogen and oxygen atoms in total. The van der Waals surface area contributed by atoms with E-state index in [4.69, 9.17) is 0 Å². The fourth-order valence-corrected chi connectivity index (χ4v) is 2.56. The lowest BCUT2D eigenvalue weighted by Crippen LogP contribution is -2.12. The Kier molecular flexibility index (Phi) is 5.38. The van der Waals surface area contributed by atoms with Gasteiger partial charge >= 0.3 is 0 Å². The van der Waals surface area contributed by atoms with Gasteiger partial charge in [-0.2, -0.15) is 0 Å². The van der Waals surface area contributed by atoms with Gasteiger partial charge in [-0.1, -0.05) is 83.1 Å². The number of rotatable bonds is 5. The molecule has 0 fully saturated rings. The monoisotopic (exact) mass is 322 g/mol. The van der Waals surface area contributed by atoms with E-state index in [0.717, 1.165) is 0 Å². The van der Waals surface area contributed by atoms with Gasteiger partial charge in [0, 0.05) is 11.1 Å². The minimum atomic E-state index is -0.131. The third kappa shape index (κ3) is 4.41. The SMILES string of the molecule is CC(C)c1ccc(C(=O)CC(=O)c2ccc(C(C)(C)C)cc2)cc1. The highest BCUT2D eigenvalue weighted by Crippen LogP contribution is 2.23. The molecule has 2 aromatic carbocycles. The van der Waals surface area contributed by atoms with Crippen LogP contribution in [0.3, 0.4) is 0 Å². The van der Waals surface area contributed by atoms with Gasteiger partial charge in [-0.3, -0.25) is 9.59 Å². The molecule has 0 unspecified atom stereocenters. The van der Waals surface area contributed by atoms with E-state index in [1.165, 1.54) is 11.1 Å². The number of carbonyl (C=O) groups excluding carboxylic acids is 2. The Morgan fingerprint density at radius 3 is 1.58 bits per heavy atom. The van der Waals surface area contributed by atoms with Crippen molar-refractivity contribution in [3.63, 3.8) is 0 Å². The van der Waals surface area contributed by atoms with Gasteiger partial charge in [-0.15, -0.1) is 0 Å². The Labute approximate surface area is 144 Å². The van der Waals surface area contributed by atoms with E-state index >= 15 is 0 Å². The second-order valence-electron chi connectivity index (χ2n) is 7.63. The van der Waals surface area contributed by atoms with Gasteiger partial charge in [0.25, 0.3) is 0 Å². The van der Waals surface area contributed by atoms with Crippen LogP contribution in [0.4, 0.5) is 0 Å². The quantitative estimate of drug-likeness (QED) is 0.533. The first-order valence-electron chi connectivity index (χ1n) is 8.45. The minimum Gasteiger partial charge on any atom is -0.294 e. The van der Waals surface area contributed by atoms with Gasteiger partial charge in [0.15, 0.2) is 11.6 Å². The van der Waals surface area contributed by atoms with Crippen LogP contribution < -0.4 is 0 Å². The number of carbonyl (C=O) groups is 2. The molecule has 0 radical (unpaired) electrons. The van der Waals surface area contributed by atoms with Crippen molar-refractivity contribution in [2.45, 2.75) is 52.4 Å². The standard InChI is InChI=1S/C22H26O2/c1-15(2)16-6-8-17(9-7-16)20(23)14-21(24)18-10-12-19(13-11-18)22(3,4)5/h6-13,15H,14H2,1-5H3. The minimum absolute atomic E-state index is 0.0511. The lowest BCUT2D eigenvalue weighted by atomic mass is 9.86. The Bertz CT molecular complexity index is 714. The molecule has 0 bridgehead atoms. The summed E-state index contributed by atoms with van der Waals surface area (Å²) in [6, 6.07) is 15.1. The molecule has 0 aliphatic carbocycles. The van der Waals surface area contributed by atoms with Crippen molar-refractivity contribution in [2.24, 2.45) is 0 Å². The van der Waals surface area contributed by atoms with Crippen molar-refractivity contribution in [1.82, 2.24) is 0 Å². The van der Waals surface area contributed by atoms with E-state index in [-0.39, 0.29) is 23.4 Å². The van der Waals surface area contributed by atoms with Crippen molar-refractivity contribution in [3.05, 3.63) is 70.8 Å². The van der Waals surface area contributed by atoms with Crippen LogP contribution >= 0.6 is 0 Å². The second kappa shape index (κ2) is 7.12. The molecule has 0 atom stereocenters. The van der Waals surface area contributed by atoms with E-state index in [0.29, 0.717) is 17.0 Å². The summed E-state index contributed by atoms with van der Waals surface area (Å²) in [6.45, 7) is 10.6. The molecule has 2 heteroatoms. The van der Waals surface area contributed by atoms with Crippen molar-refractivity contribution in [1.29, 1.82) is 0 Å². The molecule has 0 N–H and O–H groups in total. The van der Waals surface area contributed by atoms with Crippen LogP contribution in [0.1, 0.15) is 78.8 Å². The molecule has 2 aromatic rings. The normalized spacial score (nSPS) is 11.6. The number of ketones is 2. The van der Waals surface area contributed by atoms with Crippen LogP contribution in [0, 0.1) is 0 Å². The van der Waals surface area contributed by atoms with Crippen LogP contribution in [0.25, 0.3) is 0 Å². The molecule has 0 saturated heterocycles. The smallest absolute Gasteiger partial charge is 0.170 e. The summed E-state index contributed by atoms with van der Waals surface area (Å²) >= 11 is 0. The van der Waals surface area contributed by atoms with Crippen molar-refractivity contribution < 1.29 is 9.59 Å². The molecule has 24 heavy (non-hydrogen) atoms. The number of benzene rings is 2. The molecule has 0 saturated carbocycles. The molecule has 2 rings (SSSR count). The zero-order chi connectivity index (χ0) is 17.9. The van der Waals surface area contributed by atoms with Crippen LogP contribution in [0.15, 0.2) is 48.5 Å². The lowest BCUT2D eigenvalue weighted by Gasteiger charge is -2.18. The molecule has 0 amide bonds. The van der Waals surface area contributed by atoms with E-state index in [2.05, 4.69) is 34.6 Å². The second-order valence-corrected chi connectivity index (χ2v) is 7.63. The molecule has 0 aliphatic rings. The third-order valence-electron chi connectivity index (χ3n) is 4.29. The average molecular weight is 322 g/mol. The third-order valence-corrected chi connectivity index (χ3v) is 4.29. The van der Waals surface area contributed by atoms with Gasteiger partial charge in [0.2, 0.25) is 0 Å². The summed E-state index contributed by atoms with van der Waals surface area (Å²) in [5.74, 6) is 0.167. The molecular formula is C22H26O2. The fraction of sp³-hybridized carbons (Fsp3) is 0.364. The van der Waals surface area contributed by atoms with E-state index in [9.17, 15) is 9.59 Å². The van der Waals surface area contributed by atoms with E-state index in [1.54, 1.807) is 0 Å². The number of hydrogen-bond donors (Lipinski definition) is 0. The largest absolute Gasteiger partial charge is 0.294 e. The van der Waals surface area contributed by atoms with Crippen LogP contribution in [0.5, 0.6) is 0 Å². The summed E-state index contributed by atoms with van der Waals surface area (Å²) in [7, 11) is 0. The maximum absolute atomic E-state index is 12.3. The van der Waals surface area contributed by atoms with Crippen LogP contribution in [0.2, 0.25) is 0 Å². The Balaban J connectivity index is 2.07. The first-order chi connectivity index (χ1) is 11.2. The number of Topliss-reactive ketones (excluding diaryl/α,β-unsaturated/α-hetero) is 2. The Morgan fingerprint density at radius 2 is 1.21 bits per heavy atom.